The Labute approximate surface area is 747 Å². The summed E-state index contributed by atoms with van der Waals surface area (Å²) < 4.78 is 19.0. The minimum absolute atomic E-state index is 0.0962. The second-order valence-electron chi connectivity index (χ2n) is 41.2. The summed E-state index contributed by atoms with van der Waals surface area (Å²) in [4.78, 5) is 24.0. The molecule has 0 spiro atoms. The van der Waals surface area contributed by atoms with Gasteiger partial charge in [-0.1, -0.05) is 222 Å². The number of aromatic amines is 1. The van der Waals surface area contributed by atoms with Crippen molar-refractivity contribution in [2.75, 3.05) is 77.0 Å². The lowest BCUT2D eigenvalue weighted by Crippen LogP contribution is -2.52. The number of hydrogen-bond acceptors (Lipinski definition) is 10. The highest BCUT2D eigenvalue weighted by Gasteiger charge is 2.35. The number of benzene rings is 8. The molecule has 10 aromatic rings. The Bertz CT molecular complexity index is 5210. The third kappa shape index (κ3) is 23.7. The van der Waals surface area contributed by atoms with Crippen molar-refractivity contribution in [1.29, 1.82) is 0 Å². The number of nitrogens with zero attached hydrogens (tertiary/aromatic N) is 6. The standard InChI is InChI=1S/C44H62.C37H48.C31H41N8O3P/c1-8-12-31(3)35-17-19-36(20-18-35)37-21-23-38(24-22-37)40-26-25-39(34(9-2)29-40)27-33-16-15-32(4)42(28-33)30-41-13-10-11-14-43(41)44(5,6)7;1-6-30-24-33(31-17-15-28(16-18-31)21-27-13-14-27)20-19-32(30)22-29-12-11-26(2)35(23-29)25-34-9-7-8-10-36(34)37(3,4)5;1-37-13-15-39(16-14-37)22-9-11-38(12-10-22)23-6-5-21(27(18-23)42-2)17-28-32-19-26(40)31(36-28)35-25-8-7-24-29(34-20-33-24)30(25)43(3,4)41/h10-11,13-16,25-26,28-29,31,35-38H,8-9,12,17-24,27,30H2,1-7H3;7-12,19-20,23-24,27-28,31H,6,13-18,21-22,25H2,1-5H3;5-8,18-20,22,40H,9-17H2,1-4H3,(H,33,34)(H,32,35,36). The number of fused-ring (bicyclic) bond motifs is 1. The van der Waals surface area contributed by atoms with Gasteiger partial charge < -0.3 is 34.5 Å². The minimum Gasteiger partial charge on any atom is -0.503 e. The van der Waals surface area contributed by atoms with Crippen LogP contribution in [0, 0.1) is 49.4 Å². The van der Waals surface area contributed by atoms with E-state index in [-0.39, 0.29) is 22.4 Å². The predicted molar refractivity (Wildman–Crippen MR) is 524 cm³/mol. The number of rotatable bonds is 26. The van der Waals surface area contributed by atoms with Crippen LogP contribution in [0.3, 0.4) is 0 Å². The van der Waals surface area contributed by atoms with Crippen LogP contribution in [-0.2, 0) is 60.3 Å². The van der Waals surface area contributed by atoms with E-state index in [1.165, 1.54) is 208 Å². The van der Waals surface area contributed by atoms with Crippen LogP contribution in [0.1, 0.15) is 303 Å². The first-order valence-electron chi connectivity index (χ1n) is 48.4. The molecular formula is C112H151N8O3P. The largest absolute Gasteiger partial charge is 0.503 e. The monoisotopic (exact) mass is 1690 g/mol. The first-order valence-corrected chi connectivity index (χ1v) is 51.0. The summed E-state index contributed by atoms with van der Waals surface area (Å²) in [5, 5.41) is 14.4. The molecule has 4 heterocycles. The van der Waals surface area contributed by atoms with Crippen LogP contribution in [0.5, 0.6) is 11.5 Å². The molecule has 4 aliphatic carbocycles. The molecule has 6 aliphatic rings. The number of imidazole rings is 1. The van der Waals surface area contributed by atoms with Gasteiger partial charge >= 0.3 is 0 Å². The van der Waals surface area contributed by atoms with Crippen LogP contribution < -0.4 is 20.3 Å². The second kappa shape index (κ2) is 41.6. The van der Waals surface area contributed by atoms with E-state index in [2.05, 4.69) is 270 Å². The Hall–Kier alpha value is -8.34. The highest BCUT2D eigenvalue weighted by Crippen LogP contribution is 2.48. The zero-order chi connectivity index (χ0) is 87.4. The molecule has 11 nitrogen and oxygen atoms in total. The number of piperazine rings is 1. The van der Waals surface area contributed by atoms with Crippen molar-refractivity contribution in [3.8, 4) is 11.5 Å². The van der Waals surface area contributed by atoms with Crippen molar-refractivity contribution in [1.82, 2.24) is 29.7 Å². The fourth-order valence-electron chi connectivity index (χ4n) is 22.2. The van der Waals surface area contributed by atoms with Crippen LogP contribution >= 0.6 is 7.14 Å². The van der Waals surface area contributed by atoms with Gasteiger partial charge in [-0.15, -0.1) is 0 Å². The number of aryl methyl sites for hydroxylation is 4. The second-order valence-corrected chi connectivity index (χ2v) is 44.4. The summed E-state index contributed by atoms with van der Waals surface area (Å²) in [6.45, 7) is 38.2. The maximum absolute atomic E-state index is 13.2. The van der Waals surface area contributed by atoms with E-state index >= 15 is 0 Å². The Morgan fingerprint density at radius 3 is 1.58 bits per heavy atom. The van der Waals surface area contributed by atoms with Gasteiger partial charge in [0.2, 0.25) is 0 Å². The average Bonchev–Trinajstić information content (AvgIpc) is 1.55. The number of hydrogen-bond donors (Lipinski definition) is 3. The number of methoxy groups -OCH3 is 1. The normalized spacial score (nSPS) is 20.4. The van der Waals surface area contributed by atoms with Crippen LogP contribution in [0.2, 0.25) is 0 Å². The average molecular weight is 1690 g/mol. The van der Waals surface area contributed by atoms with Gasteiger partial charge in [-0.05, 0) is 334 Å². The van der Waals surface area contributed by atoms with Crippen molar-refractivity contribution in [2.45, 2.75) is 279 Å². The molecule has 6 fully saturated rings. The number of H-pyrrole nitrogens is 1. The summed E-state index contributed by atoms with van der Waals surface area (Å²) in [6, 6.07) is 58.2. The van der Waals surface area contributed by atoms with Crippen molar-refractivity contribution in [3.63, 3.8) is 0 Å². The summed E-state index contributed by atoms with van der Waals surface area (Å²) >= 11 is 0. The van der Waals surface area contributed by atoms with Crippen LogP contribution in [-0.4, -0.2) is 108 Å². The molecule has 16 rings (SSSR count). The van der Waals surface area contributed by atoms with Gasteiger partial charge in [0.15, 0.2) is 11.6 Å². The number of aromatic hydroxyl groups is 1. The summed E-state index contributed by atoms with van der Waals surface area (Å²) in [7, 11) is 1.17. The van der Waals surface area contributed by atoms with Crippen molar-refractivity contribution in [3.05, 3.63) is 265 Å². The summed E-state index contributed by atoms with van der Waals surface area (Å²) in [6.07, 6.45) is 36.8. The molecule has 3 N–H and O–H groups in total. The van der Waals surface area contributed by atoms with Gasteiger partial charge in [0.1, 0.15) is 24.2 Å². The number of anilines is 3. The summed E-state index contributed by atoms with van der Waals surface area (Å²) in [5.74, 6) is 9.05. The van der Waals surface area contributed by atoms with Gasteiger partial charge in [0.05, 0.1) is 36.1 Å². The lowest BCUT2D eigenvalue weighted by atomic mass is 9.66. The third-order valence-corrected chi connectivity index (χ3v) is 31.4. The number of likely N-dealkylation sites (N-methyl/N-ethyl adjacent to an activating group) is 1. The lowest BCUT2D eigenvalue weighted by molar-refractivity contribution is 0.0982. The predicted octanol–water partition coefficient (Wildman–Crippen LogP) is 26.5. The topological polar surface area (TPSA) is 123 Å². The molecule has 12 heteroatoms. The Morgan fingerprint density at radius 2 is 1.06 bits per heavy atom. The van der Waals surface area contributed by atoms with Crippen LogP contribution in [0.4, 0.5) is 17.2 Å². The van der Waals surface area contributed by atoms with E-state index in [0.717, 1.165) is 135 Å². The van der Waals surface area contributed by atoms with Gasteiger partial charge in [0, 0.05) is 69.0 Å². The van der Waals surface area contributed by atoms with E-state index in [9.17, 15) is 9.67 Å². The smallest absolute Gasteiger partial charge is 0.177 e. The molecule has 4 saturated carbocycles. The molecule has 2 aliphatic heterocycles. The Balaban J connectivity index is 0.000000152. The molecule has 662 valence electrons. The van der Waals surface area contributed by atoms with E-state index in [1.807, 2.05) is 12.1 Å². The maximum Gasteiger partial charge on any atom is 0.177 e. The van der Waals surface area contributed by atoms with E-state index < -0.39 is 7.14 Å². The highest BCUT2D eigenvalue weighted by atomic mass is 31.2. The zero-order valence-electron chi connectivity index (χ0n) is 78.8. The van der Waals surface area contributed by atoms with E-state index in [0.29, 0.717) is 34.8 Å². The first-order chi connectivity index (χ1) is 59.6. The molecule has 2 saturated heterocycles. The fraction of sp³-hybridized carbons (Fsp3) is 0.527. The molecule has 8 aromatic carbocycles. The number of ether oxygens (including phenoxy) is 1. The molecule has 1 unspecified atom stereocenters. The Kier molecular flexibility index (Phi) is 30.8. The van der Waals surface area contributed by atoms with E-state index in [4.69, 9.17) is 4.74 Å². The maximum atomic E-state index is 13.2. The minimum atomic E-state index is -2.72. The lowest BCUT2D eigenvalue weighted by Gasteiger charge is -2.42. The quantitative estimate of drug-likeness (QED) is 0.0452. The van der Waals surface area contributed by atoms with Gasteiger partial charge in [-0.3, -0.25) is 4.90 Å². The van der Waals surface area contributed by atoms with Gasteiger partial charge in [-0.2, -0.15) is 0 Å². The number of nitrogens with one attached hydrogen (secondary N) is 2. The Morgan fingerprint density at radius 1 is 0.540 bits per heavy atom. The third-order valence-electron chi connectivity index (χ3n) is 29.9. The first kappa shape index (κ1) is 91.9. The molecule has 2 aromatic heterocycles. The number of piperidine rings is 1. The molecule has 0 radical (unpaired) electrons. The van der Waals surface area contributed by atoms with Crippen LogP contribution in [0.15, 0.2) is 164 Å². The molecular weight excluding hydrogens is 1540 g/mol. The SMILES string of the molecule is CCCC(C)C1CCC(C2CCC(c3ccc(Cc4ccc(C)c(Cc5ccccc5C(C)(C)C)c4)c(CC)c3)CC2)CC1.CCc1cc(C2CCC(CC3CC3)CC2)ccc1Cc1ccc(C)c(Cc2ccccc2C(C)(C)C)c1.COc1cc(N2CCC(N3CCN(C)CC3)CC2)ccc1Cc1ncc(O)c(Nc2ccc3[nH]cnc3c2P(C)(C)=O)n1. The molecule has 0 bridgehead atoms. The zero-order valence-corrected chi connectivity index (χ0v) is 79.7. The summed E-state index contributed by atoms with van der Waals surface area (Å²) in [5.41, 5.74) is 28.3. The number of aromatic nitrogens is 4. The van der Waals surface area contributed by atoms with Crippen molar-refractivity contribution < 1.29 is 14.4 Å². The van der Waals surface area contributed by atoms with Gasteiger partial charge in [-0.25, -0.2) is 15.0 Å². The molecule has 1 atom stereocenters. The van der Waals surface area contributed by atoms with Gasteiger partial charge in [0.25, 0.3) is 0 Å². The van der Waals surface area contributed by atoms with Crippen molar-refractivity contribution in [2.24, 2.45) is 35.5 Å². The highest BCUT2D eigenvalue weighted by molar-refractivity contribution is 7.71. The van der Waals surface area contributed by atoms with E-state index in [1.54, 1.807) is 49.0 Å². The molecule has 0 amide bonds. The molecule has 124 heavy (non-hydrogen) atoms. The fourth-order valence-corrected chi connectivity index (χ4v) is 23.5. The van der Waals surface area contributed by atoms with Crippen molar-refractivity contribution >= 4 is 40.7 Å². The van der Waals surface area contributed by atoms with Crippen LogP contribution in [0.25, 0.3) is 11.0 Å².